The zero-order chi connectivity index (χ0) is 14.4. The number of nitrogens with two attached hydrogens (primary N) is 1. The molecule has 20 heavy (non-hydrogen) atoms. The second-order valence-corrected chi connectivity index (χ2v) is 8.11. The number of hydrogen-bond donors (Lipinski definition) is 2. The van der Waals surface area contributed by atoms with Crippen LogP contribution in [0.2, 0.25) is 0 Å². The van der Waals surface area contributed by atoms with Gasteiger partial charge in [0.25, 0.3) is 0 Å². The number of hydrogen-bond acceptors (Lipinski definition) is 4. The molecule has 118 valence electrons. The molecule has 0 radical (unpaired) electrons. The molecule has 0 atom stereocenters. The minimum Gasteiger partial charge on any atom is -0.329 e. The van der Waals surface area contributed by atoms with Crippen molar-refractivity contribution in [1.82, 2.24) is 9.62 Å². The van der Waals surface area contributed by atoms with E-state index in [0.29, 0.717) is 18.2 Å². The van der Waals surface area contributed by atoms with Crippen LogP contribution in [0.25, 0.3) is 0 Å². The average molecular weight is 303 g/mol. The number of sulfonamides is 1. The van der Waals surface area contributed by atoms with Crippen molar-refractivity contribution in [3.63, 3.8) is 0 Å². The topological polar surface area (TPSA) is 75.4 Å². The van der Waals surface area contributed by atoms with Crippen LogP contribution in [0.3, 0.4) is 0 Å². The molecule has 1 saturated carbocycles. The van der Waals surface area contributed by atoms with Crippen LogP contribution in [0, 0.1) is 5.92 Å². The molecule has 5 nitrogen and oxygen atoms in total. The van der Waals surface area contributed by atoms with Gasteiger partial charge in [-0.05, 0) is 44.7 Å². The summed E-state index contributed by atoms with van der Waals surface area (Å²) in [6.07, 6.45) is 7.62. The highest BCUT2D eigenvalue weighted by molar-refractivity contribution is 7.89. The quantitative estimate of drug-likeness (QED) is 0.765. The molecule has 0 amide bonds. The molecule has 0 bridgehead atoms. The predicted molar refractivity (Wildman–Crippen MR) is 82.0 cm³/mol. The highest BCUT2D eigenvalue weighted by Crippen LogP contribution is 2.25. The predicted octanol–water partition coefficient (Wildman–Crippen LogP) is 0.909. The lowest BCUT2D eigenvalue weighted by Gasteiger charge is -2.32. The van der Waals surface area contributed by atoms with Crippen LogP contribution in [-0.4, -0.2) is 51.3 Å². The minimum atomic E-state index is -3.10. The fourth-order valence-electron chi connectivity index (χ4n) is 3.42. The van der Waals surface area contributed by atoms with E-state index in [1.54, 1.807) is 0 Å². The lowest BCUT2D eigenvalue weighted by atomic mass is 9.91. The van der Waals surface area contributed by atoms with Crippen LogP contribution >= 0.6 is 0 Å². The van der Waals surface area contributed by atoms with Gasteiger partial charge in [-0.15, -0.1) is 0 Å². The molecule has 2 fully saturated rings. The van der Waals surface area contributed by atoms with Gasteiger partial charge in [-0.3, -0.25) is 0 Å². The minimum absolute atomic E-state index is 0.123. The molecule has 0 aromatic heterocycles. The smallest absolute Gasteiger partial charge is 0.212 e. The SMILES string of the molecule is NCCN1CCC(NS(=O)(=O)CC2CCCCC2)CC1. The maximum Gasteiger partial charge on any atom is 0.212 e. The van der Waals surface area contributed by atoms with Crippen LogP contribution in [0.4, 0.5) is 0 Å². The van der Waals surface area contributed by atoms with Crippen LogP contribution < -0.4 is 10.5 Å². The number of rotatable bonds is 6. The third-order valence-corrected chi connectivity index (χ3v) is 6.16. The fraction of sp³-hybridized carbons (Fsp3) is 1.00. The van der Waals surface area contributed by atoms with Gasteiger partial charge in [0.15, 0.2) is 0 Å². The summed E-state index contributed by atoms with van der Waals surface area (Å²) < 4.78 is 27.4. The Kier molecular flexibility index (Phi) is 6.26. The molecule has 1 aliphatic heterocycles. The Labute approximate surface area is 123 Å². The van der Waals surface area contributed by atoms with Crippen LogP contribution in [0.5, 0.6) is 0 Å². The Hall–Kier alpha value is -0.170. The monoisotopic (exact) mass is 303 g/mol. The first-order valence-corrected chi connectivity index (χ1v) is 9.67. The lowest BCUT2D eigenvalue weighted by molar-refractivity contribution is 0.212. The molecule has 0 unspecified atom stereocenters. The van der Waals surface area contributed by atoms with Crippen molar-refractivity contribution < 1.29 is 8.42 Å². The zero-order valence-electron chi connectivity index (χ0n) is 12.4. The van der Waals surface area contributed by atoms with E-state index in [0.717, 1.165) is 45.3 Å². The van der Waals surface area contributed by atoms with Crippen LogP contribution in [0.1, 0.15) is 44.9 Å². The Balaban J connectivity index is 1.74. The molecule has 1 saturated heterocycles. The van der Waals surface area contributed by atoms with E-state index in [4.69, 9.17) is 5.73 Å². The number of likely N-dealkylation sites (tertiary alicyclic amines) is 1. The summed E-state index contributed by atoms with van der Waals surface area (Å²) >= 11 is 0. The third kappa shape index (κ3) is 5.31. The van der Waals surface area contributed by atoms with E-state index in [-0.39, 0.29) is 6.04 Å². The first-order chi connectivity index (χ1) is 9.59. The van der Waals surface area contributed by atoms with E-state index in [2.05, 4.69) is 9.62 Å². The summed E-state index contributed by atoms with van der Waals surface area (Å²) in [5.74, 6) is 0.703. The van der Waals surface area contributed by atoms with E-state index in [1.807, 2.05) is 0 Å². The van der Waals surface area contributed by atoms with Crippen molar-refractivity contribution in [2.75, 3.05) is 31.9 Å². The highest BCUT2D eigenvalue weighted by atomic mass is 32.2. The van der Waals surface area contributed by atoms with Crippen LogP contribution in [0.15, 0.2) is 0 Å². The summed E-state index contributed by atoms with van der Waals surface area (Å²) in [6, 6.07) is 0.123. The Morgan fingerprint density at radius 1 is 1.05 bits per heavy atom. The van der Waals surface area contributed by atoms with Gasteiger partial charge in [0.05, 0.1) is 5.75 Å². The normalized spacial score (nSPS) is 24.1. The fourth-order valence-corrected chi connectivity index (χ4v) is 5.22. The number of nitrogens with one attached hydrogen (secondary N) is 1. The van der Waals surface area contributed by atoms with Crippen molar-refractivity contribution in [3.8, 4) is 0 Å². The maximum absolute atomic E-state index is 12.2. The molecular weight excluding hydrogens is 274 g/mol. The molecule has 0 aromatic carbocycles. The molecule has 0 spiro atoms. The summed E-state index contributed by atoms with van der Waals surface area (Å²) in [5.41, 5.74) is 5.55. The summed E-state index contributed by atoms with van der Waals surface area (Å²) in [4.78, 5) is 2.31. The Bertz CT molecular complexity index is 372. The van der Waals surface area contributed by atoms with Gasteiger partial charge in [-0.2, -0.15) is 0 Å². The van der Waals surface area contributed by atoms with Crippen molar-refractivity contribution >= 4 is 10.0 Å². The number of nitrogens with zero attached hydrogens (tertiary/aromatic N) is 1. The summed E-state index contributed by atoms with van der Waals surface area (Å²) in [6.45, 7) is 3.50. The van der Waals surface area contributed by atoms with E-state index < -0.39 is 10.0 Å². The highest BCUT2D eigenvalue weighted by Gasteiger charge is 2.26. The second-order valence-electron chi connectivity index (χ2n) is 6.31. The molecule has 3 N–H and O–H groups in total. The van der Waals surface area contributed by atoms with E-state index in [9.17, 15) is 8.42 Å². The largest absolute Gasteiger partial charge is 0.329 e. The van der Waals surface area contributed by atoms with Gasteiger partial charge in [0, 0.05) is 19.1 Å². The molecule has 1 aliphatic carbocycles. The second kappa shape index (κ2) is 7.73. The zero-order valence-corrected chi connectivity index (χ0v) is 13.2. The van der Waals surface area contributed by atoms with Crippen LogP contribution in [-0.2, 0) is 10.0 Å². The molecule has 0 aromatic rings. The molecule has 2 aliphatic rings. The maximum atomic E-state index is 12.2. The van der Waals surface area contributed by atoms with Crippen molar-refractivity contribution in [1.29, 1.82) is 0 Å². The standard InChI is InChI=1S/C14H29N3O2S/c15-8-11-17-9-6-14(7-10-17)16-20(18,19)12-13-4-2-1-3-5-13/h13-14,16H,1-12,15H2. The third-order valence-electron chi connectivity index (χ3n) is 4.56. The summed E-state index contributed by atoms with van der Waals surface area (Å²) in [5, 5.41) is 0. The van der Waals surface area contributed by atoms with Crippen molar-refractivity contribution in [3.05, 3.63) is 0 Å². The molecular formula is C14H29N3O2S. The van der Waals surface area contributed by atoms with Gasteiger partial charge < -0.3 is 10.6 Å². The van der Waals surface area contributed by atoms with Crippen molar-refractivity contribution in [2.45, 2.75) is 51.0 Å². The Morgan fingerprint density at radius 3 is 2.30 bits per heavy atom. The van der Waals surface area contributed by atoms with Gasteiger partial charge >= 0.3 is 0 Å². The van der Waals surface area contributed by atoms with Gasteiger partial charge in [0.1, 0.15) is 0 Å². The van der Waals surface area contributed by atoms with E-state index >= 15 is 0 Å². The first-order valence-electron chi connectivity index (χ1n) is 8.01. The summed E-state index contributed by atoms with van der Waals surface area (Å²) in [7, 11) is -3.10. The molecule has 2 rings (SSSR count). The average Bonchev–Trinajstić information content (AvgIpc) is 2.41. The van der Waals surface area contributed by atoms with Crippen molar-refractivity contribution in [2.24, 2.45) is 11.7 Å². The first kappa shape index (κ1) is 16.2. The number of piperidine rings is 1. The van der Waals surface area contributed by atoms with Gasteiger partial charge in [-0.25, -0.2) is 13.1 Å². The van der Waals surface area contributed by atoms with E-state index in [1.165, 1.54) is 19.3 Å². The van der Waals surface area contributed by atoms with Gasteiger partial charge in [0.2, 0.25) is 10.0 Å². The lowest BCUT2D eigenvalue weighted by Crippen LogP contribution is -2.46. The Morgan fingerprint density at radius 2 is 1.70 bits per heavy atom. The van der Waals surface area contributed by atoms with Gasteiger partial charge in [-0.1, -0.05) is 19.3 Å². The molecule has 6 heteroatoms. The molecule has 1 heterocycles.